The number of aryl methyl sites for hydroxylation is 2. The van der Waals surface area contributed by atoms with Crippen molar-refractivity contribution in [3.63, 3.8) is 0 Å². The maximum absolute atomic E-state index is 6.17. The quantitative estimate of drug-likeness (QED) is 0.692. The Kier molecular flexibility index (Phi) is 5.05. The summed E-state index contributed by atoms with van der Waals surface area (Å²) < 4.78 is 5.85. The van der Waals surface area contributed by atoms with Crippen LogP contribution in [0.3, 0.4) is 0 Å². The average Bonchev–Trinajstić information content (AvgIpc) is 2.56. The van der Waals surface area contributed by atoms with Gasteiger partial charge in [-0.3, -0.25) is 0 Å². The van der Waals surface area contributed by atoms with Gasteiger partial charge in [0.25, 0.3) is 0 Å². The summed E-state index contributed by atoms with van der Waals surface area (Å²) in [6.45, 7) is 4.53. The van der Waals surface area contributed by atoms with Gasteiger partial charge in [0.1, 0.15) is 17.8 Å². The molecular weight excluding hydrogens is 336 g/mol. The number of benzene rings is 2. The predicted octanol–water partition coefficient (Wildman–Crippen LogP) is 4.73. The molecule has 0 spiro atoms. The molecule has 6 heteroatoms. The molecule has 0 aliphatic heterocycles. The molecule has 5 nitrogen and oxygen atoms in total. The summed E-state index contributed by atoms with van der Waals surface area (Å²) in [7, 11) is 0. The van der Waals surface area contributed by atoms with Gasteiger partial charge in [-0.1, -0.05) is 35.9 Å². The summed E-state index contributed by atoms with van der Waals surface area (Å²) in [6, 6.07) is 13.6. The summed E-state index contributed by atoms with van der Waals surface area (Å²) >= 11 is 6.17. The second-order valence-electron chi connectivity index (χ2n) is 5.81. The highest BCUT2D eigenvalue weighted by atomic mass is 35.5. The number of nitrogens with two attached hydrogens (primary N) is 1. The number of ether oxygens (including phenoxy) is 1. The minimum absolute atomic E-state index is 0.321. The zero-order valence-electron chi connectivity index (χ0n) is 14.1. The topological polar surface area (TPSA) is 73.1 Å². The van der Waals surface area contributed by atoms with E-state index in [0.717, 1.165) is 16.7 Å². The zero-order chi connectivity index (χ0) is 17.8. The molecule has 0 radical (unpaired) electrons. The van der Waals surface area contributed by atoms with E-state index in [4.69, 9.17) is 22.1 Å². The van der Waals surface area contributed by atoms with Crippen LogP contribution in [0.5, 0.6) is 11.6 Å². The SMILES string of the molecule is Cc1cc(C)cc(Oc2ncnc(NCc3ccccc3Cl)c2N)c1. The molecule has 1 heterocycles. The molecule has 3 aromatic rings. The number of hydrogen-bond donors (Lipinski definition) is 2. The van der Waals surface area contributed by atoms with Crippen molar-refractivity contribution >= 4 is 23.1 Å². The maximum atomic E-state index is 6.17. The third kappa shape index (κ3) is 4.19. The van der Waals surface area contributed by atoms with Gasteiger partial charge in [0.2, 0.25) is 5.88 Å². The highest BCUT2D eigenvalue weighted by Crippen LogP contribution is 2.30. The summed E-state index contributed by atoms with van der Waals surface area (Å²) in [6.07, 6.45) is 1.42. The molecule has 0 bridgehead atoms. The lowest BCUT2D eigenvalue weighted by Crippen LogP contribution is -2.07. The van der Waals surface area contributed by atoms with Gasteiger partial charge in [-0.15, -0.1) is 0 Å². The Labute approximate surface area is 151 Å². The van der Waals surface area contributed by atoms with Crippen molar-refractivity contribution in [2.24, 2.45) is 0 Å². The molecule has 25 heavy (non-hydrogen) atoms. The average molecular weight is 355 g/mol. The van der Waals surface area contributed by atoms with E-state index in [0.29, 0.717) is 34.7 Å². The van der Waals surface area contributed by atoms with Gasteiger partial charge >= 0.3 is 0 Å². The number of nitrogen functional groups attached to an aromatic ring is 1. The van der Waals surface area contributed by atoms with Gasteiger partial charge in [-0.2, -0.15) is 4.98 Å². The first-order valence-electron chi connectivity index (χ1n) is 7.87. The third-order valence-electron chi connectivity index (χ3n) is 3.66. The molecule has 0 saturated carbocycles. The van der Waals surface area contributed by atoms with E-state index in [-0.39, 0.29) is 0 Å². The van der Waals surface area contributed by atoms with Crippen molar-refractivity contribution < 1.29 is 4.74 Å². The zero-order valence-corrected chi connectivity index (χ0v) is 14.8. The first kappa shape index (κ1) is 17.0. The molecule has 1 aromatic heterocycles. The van der Waals surface area contributed by atoms with Crippen LogP contribution in [0.2, 0.25) is 5.02 Å². The lowest BCUT2D eigenvalue weighted by molar-refractivity contribution is 0.464. The second-order valence-corrected chi connectivity index (χ2v) is 6.22. The number of halogens is 1. The smallest absolute Gasteiger partial charge is 0.248 e. The van der Waals surface area contributed by atoms with Gasteiger partial charge < -0.3 is 15.8 Å². The highest BCUT2D eigenvalue weighted by molar-refractivity contribution is 6.31. The van der Waals surface area contributed by atoms with Crippen LogP contribution in [0.1, 0.15) is 16.7 Å². The Bertz CT molecular complexity index is 878. The third-order valence-corrected chi connectivity index (χ3v) is 4.03. The van der Waals surface area contributed by atoms with Gasteiger partial charge in [-0.05, 0) is 48.7 Å². The molecule has 128 valence electrons. The first-order valence-corrected chi connectivity index (χ1v) is 8.24. The Morgan fingerprint density at radius 2 is 1.80 bits per heavy atom. The van der Waals surface area contributed by atoms with Gasteiger partial charge in [0.05, 0.1) is 0 Å². The summed E-state index contributed by atoms with van der Waals surface area (Å²) in [5, 5.41) is 3.87. The van der Waals surface area contributed by atoms with Crippen molar-refractivity contribution in [2.75, 3.05) is 11.1 Å². The lowest BCUT2D eigenvalue weighted by atomic mass is 10.1. The standard InChI is InChI=1S/C19H19ClN4O/c1-12-7-13(2)9-15(8-12)25-19-17(21)18(23-11-24-19)22-10-14-5-3-4-6-16(14)20/h3-9,11H,10,21H2,1-2H3,(H,22,23,24). The van der Waals surface area contributed by atoms with Crippen LogP contribution in [0, 0.1) is 13.8 Å². The largest absolute Gasteiger partial charge is 0.437 e. The Balaban J connectivity index is 1.79. The molecule has 0 atom stereocenters. The minimum Gasteiger partial charge on any atom is -0.437 e. The van der Waals surface area contributed by atoms with Crippen LogP contribution in [0.25, 0.3) is 0 Å². The van der Waals surface area contributed by atoms with E-state index < -0.39 is 0 Å². The first-order chi connectivity index (χ1) is 12.0. The van der Waals surface area contributed by atoms with Gasteiger partial charge in [0.15, 0.2) is 5.82 Å². The molecule has 0 amide bonds. The molecule has 0 aliphatic carbocycles. The molecule has 0 fully saturated rings. The van der Waals surface area contributed by atoms with E-state index in [9.17, 15) is 0 Å². The van der Waals surface area contributed by atoms with Crippen molar-refractivity contribution in [1.29, 1.82) is 0 Å². The summed E-state index contributed by atoms with van der Waals surface area (Å²) in [5.74, 6) is 1.52. The van der Waals surface area contributed by atoms with Crippen molar-refractivity contribution in [1.82, 2.24) is 9.97 Å². The Hall–Kier alpha value is -2.79. The predicted molar refractivity (Wildman–Crippen MR) is 101 cm³/mol. The molecule has 0 unspecified atom stereocenters. The minimum atomic E-state index is 0.321. The second kappa shape index (κ2) is 7.40. The Morgan fingerprint density at radius 3 is 2.52 bits per heavy atom. The number of anilines is 2. The fourth-order valence-corrected chi connectivity index (χ4v) is 2.73. The van der Waals surface area contributed by atoms with Crippen LogP contribution >= 0.6 is 11.6 Å². The molecule has 2 aromatic carbocycles. The van der Waals surface area contributed by atoms with E-state index in [2.05, 4.69) is 21.4 Å². The Morgan fingerprint density at radius 1 is 1.08 bits per heavy atom. The van der Waals surface area contributed by atoms with Crippen LogP contribution < -0.4 is 15.8 Å². The molecular formula is C19H19ClN4O. The lowest BCUT2D eigenvalue weighted by Gasteiger charge is -2.13. The van der Waals surface area contributed by atoms with E-state index in [1.165, 1.54) is 6.33 Å². The molecule has 3 rings (SSSR count). The van der Waals surface area contributed by atoms with E-state index >= 15 is 0 Å². The maximum Gasteiger partial charge on any atom is 0.248 e. The van der Waals surface area contributed by atoms with Crippen LogP contribution in [0.15, 0.2) is 48.8 Å². The number of aromatic nitrogens is 2. The number of hydrogen-bond acceptors (Lipinski definition) is 5. The van der Waals surface area contributed by atoms with Crippen molar-refractivity contribution in [3.05, 3.63) is 70.5 Å². The monoisotopic (exact) mass is 354 g/mol. The van der Waals surface area contributed by atoms with E-state index in [1.54, 1.807) is 0 Å². The van der Waals surface area contributed by atoms with Gasteiger partial charge in [-0.25, -0.2) is 4.98 Å². The fourth-order valence-electron chi connectivity index (χ4n) is 2.53. The molecule has 0 aliphatic rings. The summed E-state index contributed by atoms with van der Waals surface area (Å²) in [4.78, 5) is 8.33. The van der Waals surface area contributed by atoms with Crippen molar-refractivity contribution in [2.45, 2.75) is 20.4 Å². The summed E-state index contributed by atoms with van der Waals surface area (Å²) in [5.41, 5.74) is 9.70. The van der Waals surface area contributed by atoms with Gasteiger partial charge in [0, 0.05) is 11.6 Å². The highest BCUT2D eigenvalue weighted by Gasteiger charge is 2.11. The van der Waals surface area contributed by atoms with Crippen LogP contribution in [0.4, 0.5) is 11.5 Å². The number of nitrogens with zero attached hydrogens (tertiary/aromatic N) is 2. The van der Waals surface area contributed by atoms with Crippen LogP contribution in [-0.2, 0) is 6.54 Å². The van der Waals surface area contributed by atoms with Crippen molar-refractivity contribution in [3.8, 4) is 11.6 Å². The van der Waals surface area contributed by atoms with Crippen LogP contribution in [-0.4, -0.2) is 9.97 Å². The fraction of sp³-hybridized carbons (Fsp3) is 0.158. The molecule has 3 N–H and O–H groups in total. The van der Waals surface area contributed by atoms with E-state index in [1.807, 2.05) is 50.2 Å². The normalized spacial score (nSPS) is 10.5. The number of rotatable bonds is 5. The number of nitrogens with one attached hydrogen (secondary N) is 1. The molecule has 0 saturated heterocycles.